The summed E-state index contributed by atoms with van der Waals surface area (Å²) in [6.07, 6.45) is 0.417. The Labute approximate surface area is 209 Å². The lowest BCUT2D eigenvalue weighted by atomic mass is 10.0. The molecule has 3 aromatic rings. The molecule has 35 heavy (non-hydrogen) atoms. The molecular formula is C30H36N2O3. The Balaban J connectivity index is 1.91. The van der Waals surface area contributed by atoms with Gasteiger partial charge in [0.15, 0.2) is 6.61 Å². The van der Waals surface area contributed by atoms with Gasteiger partial charge in [0.05, 0.1) is 0 Å². The average molecular weight is 473 g/mol. The minimum Gasteiger partial charge on any atom is -0.483 e. The van der Waals surface area contributed by atoms with Crippen molar-refractivity contribution >= 4 is 11.8 Å². The summed E-state index contributed by atoms with van der Waals surface area (Å²) in [5.74, 6) is 0.280. The zero-order valence-corrected chi connectivity index (χ0v) is 21.4. The molecule has 5 heteroatoms. The standard InChI is InChI=1S/C30H36N2O3/c1-21(2)31-30(34)27(18-25-9-7-6-8-10-25)32(19-26-15-12-22(3)13-16-26)29(33)20-35-28-17-23(4)11-14-24(28)5/h6-17,21,27H,18-20H2,1-5H3,(H,31,34)/t27-/m0/s1. The molecule has 0 unspecified atom stereocenters. The maximum Gasteiger partial charge on any atom is 0.261 e. The molecule has 0 heterocycles. The quantitative estimate of drug-likeness (QED) is 0.444. The molecule has 0 spiro atoms. The smallest absolute Gasteiger partial charge is 0.261 e. The SMILES string of the molecule is Cc1ccc(CN(C(=O)COc2cc(C)ccc2C)[C@@H](Cc2ccccc2)C(=O)NC(C)C)cc1. The Hall–Kier alpha value is -3.60. The summed E-state index contributed by atoms with van der Waals surface area (Å²) in [6.45, 7) is 10.00. The van der Waals surface area contributed by atoms with Gasteiger partial charge in [0, 0.05) is 19.0 Å². The fraction of sp³-hybridized carbons (Fsp3) is 0.333. The summed E-state index contributed by atoms with van der Waals surface area (Å²) in [7, 11) is 0. The van der Waals surface area contributed by atoms with E-state index in [-0.39, 0.29) is 24.5 Å². The zero-order chi connectivity index (χ0) is 25.4. The summed E-state index contributed by atoms with van der Waals surface area (Å²) in [4.78, 5) is 28.7. The van der Waals surface area contributed by atoms with E-state index in [1.165, 1.54) is 0 Å². The molecule has 0 saturated heterocycles. The summed E-state index contributed by atoms with van der Waals surface area (Å²) in [5.41, 5.74) is 5.13. The van der Waals surface area contributed by atoms with Gasteiger partial charge >= 0.3 is 0 Å². The van der Waals surface area contributed by atoms with Crippen LogP contribution in [0.1, 0.15) is 41.7 Å². The number of hydrogen-bond donors (Lipinski definition) is 1. The van der Waals surface area contributed by atoms with Gasteiger partial charge in [-0.2, -0.15) is 0 Å². The second-order valence-corrected chi connectivity index (χ2v) is 9.43. The number of hydrogen-bond acceptors (Lipinski definition) is 3. The summed E-state index contributed by atoms with van der Waals surface area (Å²) in [6, 6.07) is 23.1. The van der Waals surface area contributed by atoms with E-state index in [0.29, 0.717) is 18.7 Å². The van der Waals surface area contributed by atoms with Crippen molar-refractivity contribution in [1.29, 1.82) is 0 Å². The molecule has 0 aliphatic rings. The lowest BCUT2D eigenvalue weighted by molar-refractivity contribution is -0.143. The van der Waals surface area contributed by atoms with E-state index in [9.17, 15) is 9.59 Å². The molecular weight excluding hydrogens is 436 g/mol. The van der Waals surface area contributed by atoms with Crippen molar-refractivity contribution in [1.82, 2.24) is 10.2 Å². The highest BCUT2D eigenvalue weighted by atomic mass is 16.5. The number of rotatable bonds is 10. The van der Waals surface area contributed by atoms with Crippen LogP contribution in [-0.4, -0.2) is 35.4 Å². The second kappa shape index (κ2) is 12.2. The number of amides is 2. The van der Waals surface area contributed by atoms with Crippen molar-refractivity contribution in [3.8, 4) is 5.75 Å². The fourth-order valence-electron chi connectivity index (χ4n) is 3.91. The second-order valence-electron chi connectivity index (χ2n) is 9.43. The molecule has 0 aromatic heterocycles. The van der Waals surface area contributed by atoms with Gasteiger partial charge in [-0.25, -0.2) is 0 Å². The predicted molar refractivity (Wildman–Crippen MR) is 140 cm³/mol. The van der Waals surface area contributed by atoms with E-state index in [2.05, 4.69) is 5.32 Å². The van der Waals surface area contributed by atoms with Crippen molar-refractivity contribution in [2.24, 2.45) is 0 Å². The van der Waals surface area contributed by atoms with Gasteiger partial charge in [-0.3, -0.25) is 9.59 Å². The van der Waals surface area contributed by atoms with Crippen LogP contribution in [0.4, 0.5) is 0 Å². The van der Waals surface area contributed by atoms with Crippen LogP contribution in [0.2, 0.25) is 0 Å². The Bertz CT molecular complexity index is 1120. The highest BCUT2D eigenvalue weighted by Crippen LogP contribution is 2.20. The molecule has 0 fully saturated rings. The summed E-state index contributed by atoms with van der Waals surface area (Å²) >= 11 is 0. The van der Waals surface area contributed by atoms with Crippen LogP contribution in [0.25, 0.3) is 0 Å². The minimum absolute atomic E-state index is 0.0386. The van der Waals surface area contributed by atoms with Crippen LogP contribution >= 0.6 is 0 Å². The molecule has 0 aliphatic heterocycles. The molecule has 0 bridgehead atoms. The first kappa shape index (κ1) is 26.0. The van der Waals surface area contributed by atoms with Crippen LogP contribution in [0.3, 0.4) is 0 Å². The normalized spacial score (nSPS) is 11.7. The van der Waals surface area contributed by atoms with E-state index in [4.69, 9.17) is 4.74 Å². The third kappa shape index (κ3) is 7.71. The number of nitrogens with zero attached hydrogens (tertiary/aromatic N) is 1. The third-order valence-electron chi connectivity index (χ3n) is 5.87. The number of carbonyl (C=O) groups is 2. The van der Waals surface area contributed by atoms with Crippen LogP contribution in [0.5, 0.6) is 5.75 Å². The Morgan fingerprint density at radius 3 is 2.17 bits per heavy atom. The van der Waals surface area contributed by atoms with E-state index in [1.807, 2.05) is 107 Å². The lowest BCUT2D eigenvalue weighted by Crippen LogP contribution is -2.52. The minimum atomic E-state index is -0.671. The first-order valence-electron chi connectivity index (χ1n) is 12.1. The van der Waals surface area contributed by atoms with Crippen LogP contribution in [0.15, 0.2) is 72.8 Å². The van der Waals surface area contributed by atoms with Crippen LogP contribution in [-0.2, 0) is 22.6 Å². The van der Waals surface area contributed by atoms with Gasteiger partial charge in [-0.05, 0) is 62.9 Å². The van der Waals surface area contributed by atoms with E-state index in [1.54, 1.807) is 4.90 Å². The fourth-order valence-corrected chi connectivity index (χ4v) is 3.91. The molecule has 1 atom stereocenters. The highest BCUT2D eigenvalue weighted by molar-refractivity contribution is 5.88. The molecule has 3 rings (SSSR count). The molecule has 0 radical (unpaired) electrons. The van der Waals surface area contributed by atoms with Crippen LogP contribution in [0, 0.1) is 20.8 Å². The van der Waals surface area contributed by atoms with Crippen molar-refractivity contribution in [3.05, 3.63) is 101 Å². The van der Waals surface area contributed by atoms with Gasteiger partial charge in [-0.15, -0.1) is 0 Å². The summed E-state index contributed by atoms with van der Waals surface area (Å²) < 4.78 is 5.96. The first-order chi connectivity index (χ1) is 16.7. The van der Waals surface area contributed by atoms with Crippen molar-refractivity contribution in [2.75, 3.05) is 6.61 Å². The molecule has 0 aliphatic carbocycles. The molecule has 0 saturated carbocycles. The number of benzene rings is 3. The molecule has 1 N–H and O–H groups in total. The predicted octanol–water partition coefficient (Wildman–Crippen LogP) is 5.16. The third-order valence-corrected chi connectivity index (χ3v) is 5.87. The largest absolute Gasteiger partial charge is 0.483 e. The number of ether oxygens (including phenoxy) is 1. The average Bonchev–Trinajstić information content (AvgIpc) is 2.83. The monoisotopic (exact) mass is 472 g/mol. The lowest BCUT2D eigenvalue weighted by Gasteiger charge is -2.32. The summed E-state index contributed by atoms with van der Waals surface area (Å²) in [5, 5.41) is 3.01. The van der Waals surface area contributed by atoms with Gasteiger partial charge in [0.1, 0.15) is 11.8 Å². The number of aryl methyl sites for hydroxylation is 3. The van der Waals surface area contributed by atoms with E-state index < -0.39 is 6.04 Å². The number of nitrogens with one attached hydrogen (secondary N) is 1. The molecule has 2 amide bonds. The van der Waals surface area contributed by atoms with Gasteiger partial charge in [0.25, 0.3) is 5.91 Å². The molecule has 3 aromatic carbocycles. The maximum absolute atomic E-state index is 13.6. The number of carbonyl (C=O) groups excluding carboxylic acids is 2. The van der Waals surface area contributed by atoms with Crippen molar-refractivity contribution in [2.45, 2.75) is 59.7 Å². The highest BCUT2D eigenvalue weighted by Gasteiger charge is 2.31. The molecule has 184 valence electrons. The Morgan fingerprint density at radius 2 is 1.51 bits per heavy atom. The van der Waals surface area contributed by atoms with Crippen molar-refractivity contribution in [3.63, 3.8) is 0 Å². The van der Waals surface area contributed by atoms with Crippen LogP contribution < -0.4 is 10.1 Å². The van der Waals surface area contributed by atoms with E-state index >= 15 is 0 Å². The van der Waals surface area contributed by atoms with Crippen molar-refractivity contribution < 1.29 is 14.3 Å². The maximum atomic E-state index is 13.6. The zero-order valence-electron chi connectivity index (χ0n) is 21.4. The van der Waals surface area contributed by atoms with E-state index in [0.717, 1.165) is 27.8 Å². The molecule has 5 nitrogen and oxygen atoms in total. The van der Waals surface area contributed by atoms with Gasteiger partial charge in [0.2, 0.25) is 5.91 Å². The Kier molecular flexibility index (Phi) is 9.07. The Morgan fingerprint density at radius 1 is 0.857 bits per heavy atom. The first-order valence-corrected chi connectivity index (χ1v) is 12.1. The van der Waals surface area contributed by atoms with Gasteiger partial charge in [-0.1, -0.05) is 72.3 Å². The van der Waals surface area contributed by atoms with Gasteiger partial charge < -0.3 is 15.0 Å². The topological polar surface area (TPSA) is 58.6 Å².